The van der Waals surface area contributed by atoms with E-state index in [0.29, 0.717) is 18.3 Å². The molecule has 3 rings (SSSR count). The fraction of sp³-hybridized carbons (Fsp3) is 0.700. The van der Waals surface area contributed by atoms with E-state index in [1.54, 1.807) is 12.1 Å². The van der Waals surface area contributed by atoms with Crippen LogP contribution in [-0.4, -0.2) is 78.6 Å². The van der Waals surface area contributed by atoms with Gasteiger partial charge in [-0.3, -0.25) is 9.80 Å². The van der Waals surface area contributed by atoms with Gasteiger partial charge in [-0.1, -0.05) is 0 Å². The Labute approximate surface area is 155 Å². The summed E-state index contributed by atoms with van der Waals surface area (Å²) < 4.78 is 24.3. The normalized spacial score (nSPS) is 29.0. The van der Waals surface area contributed by atoms with Gasteiger partial charge in [0.2, 0.25) is 0 Å². The zero-order valence-corrected chi connectivity index (χ0v) is 15.8. The molecule has 0 aromatic heterocycles. The molecule has 26 heavy (non-hydrogen) atoms. The first-order chi connectivity index (χ1) is 12.5. The van der Waals surface area contributed by atoms with Crippen LogP contribution in [-0.2, 0) is 4.74 Å². The van der Waals surface area contributed by atoms with Crippen molar-refractivity contribution in [3.8, 4) is 5.75 Å². The van der Waals surface area contributed by atoms with Crippen molar-refractivity contribution in [2.75, 3.05) is 39.3 Å². The molecule has 146 valence electrons. The summed E-state index contributed by atoms with van der Waals surface area (Å²) in [4.78, 5) is 4.87. The number of ether oxygens (including phenoxy) is 2. The molecule has 6 heteroatoms. The summed E-state index contributed by atoms with van der Waals surface area (Å²) in [6, 6.07) is 6.38. The molecule has 1 aromatic rings. The van der Waals surface area contributed by atoms with E-state index in [2.05, 4.69) is 23.6 Å². The molecule has 0 aliphatic carbocycles. The van der Waals surface area contributed by atoms with Crippen molar-refractivity contribution in [3.63, 3.8) is 0 Å². The highest BCUT2D eigenvalue weighted by molar-refractivity contribution is 5.22. The van der Waals surface area contributed by atoms with Crippen molar-refractivity contribution >= 4 is 0 Å². The molecule has 2 fully saturated rings. The van der Waals surface area contributed by atoms with Gasteiger partial charge in [0.1, 0.15) is 24.3 Å². The number of halogens is 1. The number of morpholine rings is 1. The molecule has 0 saturated carbocycles. The van der Waals surface area contributed by atoms with Crippen molar-refractivity contribution in [1.29, 1.82) is 0 Å². The van der Waals surface area contributed by atoms with Crippen LogP contribution in [0.25, 0.3) is 0 Å². The van der Waals surface area contributed by atoms with E-state index in [0.717, 1.165) is 26.2 Å². The molecule has 5 nitrogen and oxygen atoms in total. The maximum absolute atomic E-state index is 12.9. The van der Waals surface area contributed by atoms with Gasteiger partial charge in [0, 0.05) is 32.2 Å². The molecule has 0 unspecified atom stereocenters. The zero-order chi connectivity index (χ0) is 18.5. The van der Waals surface area contributed by atoms with Gasteiger partial charge in [-0.2, -0.15) is 0 Å². The van der Waals surface area contributed by atoms with Crippen LogP contribution in [0.1, 0.15) is 26.7 Å². The van der Waals surface area contributed by atoms with Crippen molar-refractivity contribution in [2.24, 2.45) is 0 Å². The van der Waals surface area contributed by atoms with Crippen molar-refractivity contribution in [3.05, 3.63) is 30.1 Å². The Morgan fingerprint density at radius 3 is 2.62 bits per heavy atom. The highest BCUT2D eigenvalue weighted by Gasteiger charge is 2.30. The Kier molecular flexibility index (Phi) is 6.86. The van der Waals surface area contributed by atoms with Crippen LogP contribution in [0.15, 0.2) is 24.3 Å². The molecule has 2 heterocycles. The first-order valence-electron chi connectivity index (χ1n) is 9.68. The molecule has 1 aromatic carbocycles. The maximum Gasteiger partial charge on any atom is 0.123 e. The summed E-state index contributed by atoms with van der Waals surface area (Å²) in [7, 11) is 0. The average Bonchev–Trinajstić information content (AvgIpc) is 3.00. The van der Waals surface area contributed by atoms with E-state index in [4.69, 9.17) is 9.47 Å². The lowest BCUT2D eigenvalue weighted by Gasteiger charge is -2.38. The highest BCUT2D eigenvalue weighted by atomic mass is 19.1. The lowest BCUT2D eigenvalue weighted by Crippen LogP contribution is -2.51. The molecule has 0 bridgehead atoms. The predicted octanol–water partition coefficient (Wildman–Crippen LogP) is 2.14. The summed E-state index contributed by atoms with van der Waals surface area (Å²) in [5.74, 6) is 0.296. The van der Waals surface area contributed by atoms with Gasteiger partial charge in [-0.15, -0.1) is 0 Å². The third kappa shape index (κ3) is 5.64. The average molecular weight is 366 g/mol. The highest BCUT2D eigenvalue weighted by Crippen LogP contribution is 2.21. The first-order valence-corrected chi connectivity index (χ1v) is 9.68. The number of likely N-dealkylation sites (tertiary alicyclic amines) is 1. The summed E-state index contributed by atoms with van der Waals surface area (Å²) in [6.45, 7) is 9.10. The van der Waals surface area contributed by atoms with Gasteiger partial charge in [0.25, 0.3) is 0 Å². The molecular weight excluding hydrogens is 335 g/mol. The second-order valence-corrected chi connectivity index (χ2v) is 7.69. The lowest BCUT2D eigenvalue weighted by atomic mass is 10.1. The third-order valence-corrected chi connectivity index (χ3v) is 5.16. The van der Waals surface area contributed by atoms with Crippen LogP contribution in [0, 0.1) is 5.82 Å². The number of rotatable bonds is 7. The second-order valence-electron chi connectivity index (χ2n) is 7.69. The minimum absolute atomic E-state index is 0.223. The van der Waals surface area contributed by atoms with E-state index in [-0.39, 0.29) is 24.6 Å². The molecule has 2 aliphatic heterocycles. The van der Waals surface area contributed by atoms with Crippen LogP contribution < -0.4 is 4.74 Å². The summed E-state index contributed by atoms with van der Waals surface area (Å²) in [5, 5.41) is 10.4. The predicted molar refractivity (Wildman–Crippen MR) is 98.9 cm³/mol. The van der Waals surface area contributed by atoms with E-state index < -0.39 is 6.10 Å². The molecule has 2 saturated heterocycles. The number of benzene rings is 1. The number of aliphatic hydroxyl groups is 1. The van der Waals surface area contributed by atoms with Crippen LogP contribution in [0.3, 0.4) is 0 Å². The quantitative estimate of drug-likeness (QED) is 0.801. The first kappa shape index (κ1) is 19.5. The number of aliphatic hydroxyl groups excluding tert-OH is 1. The maximum atomic E-state index is 12.9. The van der Waals surface area contributed by atoms with E-state index in [9.17, 15) is 9.50 Å². The van der Waals surface area contributed by atoms with Crippen LogP contribution in [0.2, 0.25) is 0 Å². The smallest absolute Gasteiger partial charge is 0.123 e. The second kappa shape index (κ2) is 9.13. The van der Waals surface area contributed by atoms with Gasteiger partial charge in [0.15, 0.2) is 0 Å². The van der Waals surface area contributed by atoms with E-state index in [1.807, 2.05) is 0 Å². The van der Waals surface area contributed by atoms with Crippen molar-refractivity contribution in [2.45, 2.75) is 51.0 Å². The third-order valence-electron chi connectivity index (χ3n) is 5.16. The van der Waals surface area contributed by atoms with Gasteiger partial charge in [0.05, 0.1) is 12.2 Å². The van der Waals surface area contributed by atoms with Crippen molar-refractivity contribution < 1.29 is 19.0 Å². The summed E-state index contributed by atoms with van der Waals surface area (Å²) in [5.41, 5.74) is 0. The molecule has 0 radical (unpaired) electrons. The van der Waals surface area contributed by atoms with Gasteiger partial charge >= 0.3 is 0 Å². The lowest BCUT2D eigenvalue weighted by molar-refractivity contribution is -0.0731. The number of β-amino-alcohol motifs (C(OH)–C–C–N with tert-alkyl or cyclic N) is 1. The molecule has 2 aliphatic rings. The Hall–Kier alpha value is -1.21. The van der Waals surface area contributed by atoms with E-state index in [1.165, 1.54) is 25.0 Å². The van der Waals surface area contributed by atoms with Crippen LogP contribution in [0.4, 0.5) is 4.39 Å². The van der Waals surface area contributed by atoms with Crippen LogP contribution in [0.5, 0.6) is 5.75 Å². The SMILES string of the molecule is C[C@@H]1CN(C[C@@H]2CCCN2C[C@@H](O)COc2ccc(F)cc2)C[C@@H](C)O1. The number of hydrogen-bond acceptors (Lipinski definition) is 5. The van der Waals surface area contributed by atoms with Gasteiger partial charge in [-0.25, -0.2) is 4.39 Å². The molecule has 4 atom stereocenters. The molecular formula is C20H31FN2O3. The number of nitrogens with zero attached hydrogens (tertiary/aromatic N) is 2. The topological polar surface area (TPSA) is 45.2 Å². The van der Waals surface area contributed by atoms with Gasteiger partial charge in [-0.05, 0) is 57.5 Å². The minimum Gasteiger partial charge on any atom is -0.491 e. The Morgan fingerprint density at radius 1 is 1.23 bits per heavy atom. The fourth-order valence-corrected chi connectivity index (χ4v) is 4.12. The van der Waals surface area contributed by atoms with Gasteiger partial charge < -0.3 is 14.6 Å². The summed E-state index contributed by atoms with van der Waals surface area (Å²) >= 11 is 0. The number of hydrogen-bond donors (Lipinski definition) is 1. The Morgan fingerprint density at radius 2 is 1.92 bits per heavy atom. The fourth-order valence-electron chi connectivity index (χ4n) is 4.12. The minimum atomic E-state index is -0.553. The van der Waals surface area contributed by atoms with Crippen LogP contribution >= 0.6 is 0 Å². The monoisotopic (exact) mass is 366 g/mol. The standard InChI is InChI=1S/C20H31FN2O3/c1-15-10-22(11-16(2)26-15)12-18-4-3-9-23(18)13-19(24)14-25-20-7-5-17(21)6-8-20/h5-8,15-16,18-19,24H,3-4,9-14H2,1-2H3/t15-,16-,18+,19-/m1/s1. The Bertz CT molecular complexity index is 546. The molecule has 1 N–H and O–H groups in total. The van der Waals surface area contributed by atoms with E-state index >= 15 is 0 Å². The summed E-state index contributed by atoms with van der Waals surface area (Å²) in [6.07, 6.45) is 2.35. The molecule has 0 spiro atoms. The molecule has 0 amide bonds. The largest absolute Gasteiger partial charge is 0.491 e. The van der Waals surface area contributed by atoms with Crippen molar-refractivity contribution in [1.82, 2.24) is 9.80 Å². The zero-order valence-electron chi connectivity index (χ0n) is 15.8. The Balaban J connectivity index is 1.44.